The quantitative estimate of drug-likeness (QED) is 0.497. The highest BCUT2D eigenvalue weighted by Crippen LogP contribution is 2.25. The van der Waals surface area contributed by atoms with Crippen molar-refractivity contribution in [3.8, 4) is 5.75 Å². The Kier molecular flexibility index (Phi) is 7.84. The fraction of sp³-hybridized carbons (Fsp3) is 0.438. The second kappa shape index (κ2) is 10.1. The average Bonchev–Trinajstić information content (AvgIpc) is 3.03. The summed E-state index contributed by atoms with van der Waals surface area (Å²) in [4.78, 5) is 11.8. The highest BCUT2D eigenvalue weighted by atomic mass is 32.2. The fourth-order valence-corrected chi connectivity index (χ4v) is 3.42. The Morgan fingerprint density at radius 1 is 1.33 bits per heavy atom. The van der Waals surface area contributed by atoms with Gasteiger partial charge in [-0.1, -0.05) is 42.2 Å². The third-order valence-corrected chi connectivity index (χ3v) is 4.96. The lowest BCUT2D eigenvalue weighted by molar-refractivity contribution is -0.118. The second-order valence-corrected chi connectivity index (χ2v) is 7.30. The van der Waals surface area contributed by atoms with Gasteiger partial charge in [0.1, 0.15) is 12.4 Å². The van der Waals surface area contributed by atoms with Gasteiger partial charge in [-0.05, 0) is 31.0 Å². The smallest absolute Gasteiger partial charge is 0.230 e. The van der Waals surface area contributed by atoms with Gasteiger partial charge in [-0.3, -0.25) is 4.79 Å². The predicted octanol–water partition coefficient (Wildman–Crippen LogP) is 2.96. The van der Waals surface area contributed by atoms with Gasteiger partial charge < -0.3 is 15.4 Å². The molecule has 8 heteroatoms. The standard InChI is InChI=1S/C16H22N4O2S2/c1-3-7-18-15-19-20-16(24-15)23-11-14(21)17-8-9-22-13-6-4-5-12(2)10-13/h4-6,10H,3,7-9,11H2,1-2H3,(H,17,21)(H,18,19). The Morgan fingerprint density at radius 2 is 2.21 bits per heavy atom. The largest absolute Gasteiger partial charge is 0.492 e. The first-order valence-corrected chi connectivity index (χ1v) is 9.64. The number of rotatable bonds is 10. The number of anilines is 1. The molecule has 0 spiro atoms. The number of carbonyl (C=O) groups is 1. The molecule has 0 saturated carbocycles. The molecule has 0 aliphatic heterocycles. The SMILES string of the molecule is CCCNc1nnc(SCC(=O)NCCOc2cccc(C)c2)s1. The normalized spacial score (nSPS) is 10.4. The molecule has 0 saturated heterocycles. The van der Waals surface area contributed by atoms with E-state index in [4.69, 9.17) is 4.74 Å². The van der Waals surface area contributed by atoms with Crippen molar-refractivity contribution in [2.75, 3.05) is 30.8 Å². The molecular formula is C16H22N4O2S2. The van der Waals surface area contributed by atoms with Gasteiger partial charge in [0.25, 0.3) is 0 Å². The highest BCUT2D eigenvalue weighted by Gasteiger charge is 2.07. The zero-order chi connectivity index (χ0) is 17.2. The molecule has 1 aromatic carbocycles. The predicted molar refractivity (Wildman–Crippen MR) is 99.1 cm³/mol. The van der Waals surface area contributed by atoms with E-state index in [2.05, 4.69) is 27.8 Å². The summed E-state index contributed by atoms with van der Waals surface area (Å²) in [6, 6.07) is 7.84. The average molecular weight is 367 g/mol. The van der Waals surface area contributed by atoms with Gasteiger partial charge in [-0.15, -0.1) is 10.2 Å². The number of nitrogens with one attached hydrogen (secondary N) is 2. The van der Waals surface area contributed by atoms with E-state index in [1.807, 2.05) is 31.2 Å². The van der Waals surface area contributed by atoms with Gasteiger partial charge in [-0.2, -0.15) is 0 Å². The van der Waals surface area contributed by atoms with Crippen LogP contribution in [0.5, 0.6) is 5.75 Å². The van der Waals surface area contributed by atoms with Crippen LogP contribution >= 0.6 is 23.1 Å². The lowest BCUT2D eigenvalue weighted by Gasteiger charge is -2.07. The summed E-state index contributed by atoms with van der Waals surface area (Å²) >= 11 is 2.86. The van der Waals surface area contributed by atoms with Crippen molar-refractivity contribution in [1.82, 2.24) is 15.5 Å². The van der Waals surface area contributed by atoms with E-state index in [0.717, 1.165) is 33.7 Å². The van der Waals surface area contributed by atoms with Crippen LogP contribution < -0.4 is 15.4 Å². The van der Waals surface area contributed by atoms with E-state index in [9.17, 15) is 4.79 Å². The number of aromatic nitrogens is 2. The molecule has 6 nitrogen and oxygen atoms in total. The number of nitrogens with zero attached hydrogens (tertiary/aromatic N) is 2. The van der Waals surface area contributed by atoms with Crippen molar-refractivity contribution in [2.45, 2.75) is 24.6 Å². The summed E-state index contributed by atoms with van der Waals surface area (Å²) in [5.41, 5.74) is 1.15. The van der Waals surface area contributed by atoms with E-state index in [0.29, 0.717) is 18.9 Å². The van der Waals surface area contributed by atoms with Gasteiger partial charge in [0.2, 0.25) is 11.0 Å². The van der Waals surface area contributed by atoms with E-state index in [-0.39, 0.29) is 5.91 Å². The third-order valence-electron chi connectivity index (χ3n) is 2.94. The number of thioether (sulfide) groups is 1. The van der Waals surface area contributed by atoms with Crippen LogP contribution in [0.25, 0.3) is 0 Å². The Morgan fingerprint density at radius 3 is 3.00 bits per heavy atom. The van der Waals surface area contributed by atoms with Crippen LogP contribution in [0.4, 0.5) is 5.13 Å². The molecule has 0 bridgehead atoms. The molecule has 2 aromatic rings. The molecule has 1 amide bonds. The number of carbonyl (C=O) groups excluding carboxylic acids is 1. The van der Waals surface area contributed by atoms with E-state index in [1.165, 1.54) is 23.1 Å². The maximum Gasteiger partial charge on any atom is 0.230 e. The van der Waals surface area contributed by atoms with E-state index >= 15 is 0 Å². The van der Waals surface area contributed by atoms with Gasteiger partial charge in [0, 0.05) is 6.54 Å². The van der Waals surface area contributed by atoms with Gasteiger partial charge in [0.15, 0.2) is 4.34 Å². The number of ether oxygens (including phenoxy) is 1. The number of aryl methyl sites for hydroxylation is 1. The number of amides is 1. The number of hydrogen-bond acceptors (Lipinski definition) is 7. The second-order valence-electron chi connectivity index (χ2n) is 5.10. The molecule has 2 rings (SSSR count). The molecule has 24 heavy (non-hydrogen) atoms. The van der Waals surface area contributed by atoms with Crippen LogP contribution in [0.3, 0.4) is 0 Å². The van der Waals surface area contributed by atoms with Crippen molar-refractivity contribution in [1.29, 1.82) is 0 Å². The first-order valence-electron chi connectivity index (χ1n) is 7.83. The topological polar surface area (TPSA) is 76.1 Å². The maximum absolute atomic E-state index is 11.8. The highest BCUT2D eigenvalue weighted by molar-refractivity contribution is 8.01. The number of hydrogen-bond donors (Lipinski definition) is 2. The van der Waals surface area contributed by atoms with Crippen molar-refractivity contribution in [3.05, 3.63) is 29.8 Å². The molecular weight excluding hydrogens is 344 g/mol. The molecule has 0 radical (unpaired) electrons. The molecule has 1 heterocycles. The van der Waals surface area contributed by atoms with Crippen molar-refractivity contribution < 1.29 is 9.53 Å². The van der Waals surface area contributed by atoms with Crippen LogP contribution in [0.2, 0.25) is 0 Å². The van der Waals surface area contributed by atoms with Crippen LogP contribution in [-0.2, 0) is 4.79 Å². The lowest BCUT2D eigenvalue weighted by Crippen LogP contribution is -2.29. The number of benzene rings is 1. The molecule has 2 N–H and O–H groups in total. The fourth-order valence-electron chi connectivity index (χ4n) is 1.81. The lowest BCUT2D eigenvalue weighted by atomic mass is 10.2. The zero-order valence-corrected chi connectivity index (χ0v) is 15.5. The van der Waals surface area contributed by atoms with Crippen LogP contribution in [0.1, 0.15) is 18.9 Å². The molecule has 0 fully saturated rings. The summed E-state index contributed by atoms with van der Waals surface area (Å²) < 4.78 is 6.38. The van der Waals surface area contributed by atoms with Gasteiger partial charge in [-0.25, -0.2) is 0 Å². The minimum Gasteiger partial charge on any atom is -0.492 e. The Balaban J connectivity index is 1.60. The molecule has 0 aliphatic rings. The summed E-state index contributed by atoms with van der Waals surface area (Å²) in [7, 11) is 0. The van der Waals surface area contributed by atoms with Crippen molar-refractivity contribution in [3.63, 3.8) is 0 Å². The minimum atomic E-state index is -0.0360. The Bertz CT molecular complexity index is 649. The van der Waals surface area contributed by atoms with Crippen molar-refractivity contribution in [2.24, 2.45) is 0 Å². The van der Waals surface area contributed by atoms with Crippen LogP contribution in [-0.4, -0.2) is 41.6 Å². The van der Waals surface area contributed by atoms with E-state index < -0.39 is 0 Å². The summed E-state index contributed by atoms with van der Waals surface area (Å²) in [5, 5.41) is 14.9. The molecule has 0 atom stereocenters. The van der Waals surface area contributed by atoms with Crippen LogP contribution in [0.15, 0.2) is 28.6 Å². The molecule has 0 unspecified atom stereocenters. The summed E-state index contributed by atoms with van der Waals surface area (Å²) in [6.45, 7) is 5.91. The molecule has 130 valence electrons. The molecule has 1 aromatic heterocycles. The maximum atomic E-state index is 11.8. The van der Waals surface area contributed by atoms with Crippen LogP contribution in [0, 0.1) is 6.92 Å². The summed E-state index contributed by atoms with van der Waals surface area (Å²) in [6.07, 6.45) is 1.04. The van der Waals surface area contributed by atoms with Gasteiger partial charge in [0.05, 0.1) is 12.3 Å². The monoisotopic (exact) mass is 366 g/mol. The van der Waals surface area contributed by atoms with Crippen molar-refractivity contribution >= 4 is 34.1 Å². The Labute approximate surface area is 150 Å². The van der Waals surface area contributed by atoms with Gasteiger partial charge >= 0.3 is 0 Å². The first kappa shape index (κ1) is 18.5. The third kappa shape index (κ3) is 6.76. The minimum absolute atomic E-state index is 0.0360. The van der Waals surface area contributed by atoms with E-state index in [1.54, 1.807) is 0 Å². The Hall–Kier alpha value is -1.80. The first-order chi connectivity index (χ1) is 11.7. The molecule has 0 aliphatic carbocycles. The zero-order valence-electron chi connectivity index (χ0n) is 13.9. The summed E-state index contributed by atoms with van der Waals surface area (Å²) in [5.74, 6) is 1.11.